The highest BCUT2D eigenvalue weighted by atomic mass is 16.5. The van der Waals surface area contributed by atoms with Gasteiger partial charge in [-0.2, -0.15) is 0 Å². The highest BCUT2D eigenvalue weighted by molar-refractivity contribution is 5.82. The number of hydrogen-bond donors (Lipinski definition) is 3. The van der Waals surface area contributed by atoms with Crippen LogP contribution in [0.15, 0.2) is 6.33 Å². The van der Waals surface area contributed by atoms with E-state index in [4.69, 9.17) is 10.5 Å². The first kappa shape index (κ1) is 17.6. The molecule has 0 amide bonds. The summed E-state index contributed by atoms with van der Waals surface area (Å²) >= 11 is 0. The predicted molar refractivity (Wildman–Crippen MR) is 92.4 cm³/mol. The highest BCUT2D eigenvalue weighted by Gasteiger charge is 2.36. The van der Waals surface area contributed by atoms with Gasteiger partial charge in [0.25, 0.3) is 0 Å². The van der Waals surface area contributed by atoms with Gasteiger partial charge in [-0.1, -0.05) is 25.7 Å². The SMILES string of the molecule is CCCCCC#Cc1nc2c(N)ncnc2n1[C@H]1CC(O)[C@@H](CO)O1. The van der Waals surface area contributed by atoms with Gasteiger partial charge in [-0.05, 0) is 12.3 Å². The molecule has 3 atom stereocenters. The molecule has 2 aromatic heterocycles. The molecule has 3 heterocycles. The van der Waals surface area contributed by atoms with Crippen LogP contribution in [-0.2, 0) is 4.74 Å². The molecule has 0 aromatic carbocycles. The van der Waals surface area contributed by atoms with E-state index in [-0.39, 0.29) is 12.4 Å². The summed E-state index contributed by atoms with van der Waals surface area (Å²) in [5.74, 6) is 6.95. The van der Waals surface area contributed by atoms with Gasteiger partial charge >= 0.3 is 0 Å². The third kappa shape index (κ3) is 3.58. The van der Waals surface area contributed by atoms with E-state index in [1.54, 1.807) is 4.57 Å². The van der Waals surface area contributed by atoms with Gasteiger partial charge in [-0.25, -0.2) is 15.0 Å². The number of imidazole rings is 1. The molecule has 25 heavy (non-hydrogen) atoms. The number of aliphatic hydroxyl groups is 2. The monoisotopic (exact) mass is 345 g/mol. The van der Waals surface area contributed by atoms with Crippen molar-refractivity contribution in [3.05, 3.63) is 12.2 Å². The number of fused-ring (bicyclic) bond motifs is 1. The van der Waals surface area contributed by atoms with Crippen molar-refractivity contribution in [2.45, 2.75) is 57.5 Å². The third-order valence-corrected chi connectivity index (χ3v) is 4.28. The van der Waals surface area contributed by atoms with E-state index in [9.17, 15) is 10.2 Å². The summed E-state index contributed by atoms with van der Waals surface area (Å²) in [6, 6.07) is 0. The van der Waals surface area contributed by atoms with Crippen molar-refractivity contribution in [1.29, 1.82) is 0 Å². The van der Waals surface area contributed by atoms with E-state index in [0.717, 1.165) is 25.7 Å². The first-order valence-electron chi connectivity index (χ1n) is 8.57. The Kier molecular flexibility index (Phi) is 5.48. The zero-order valence-electron chi connectivity index (χ0n) is 14.2. The minimum Gasteiger partial charge on any atom is -0.394 e. The molecule has 0 bridgehead atoms. The van der Waals surface area contributed by atoms with Gasteiger partial charge in [-0.3, -0.25) is 4.57 Å². The van der Waals surface area contributed by atoms with Crippen LogP contribution >= 0.6 is 0 Å². The molecule has 1 aliphatic rings. The number of hydrogen-bond acceptors (Lipinski definition) is 7. The predicted octanol–water partition coefficient (Wildman–Crippen LogP) is 0.981. The van der Waals surface area contributed by atoms with Crippen LogP contribution in [0.4, 0.5) is 5.82 Å². The Hall–Kier alpha value is -2.21. The number of nitrogens with two attached hydrogens (primary N) is 1. The van der Waals surface area contributed by atoms with Crippen LogP contribution in [0.25, 0.3) is 11.2 Å². The number of nitrogen functional groups attached to an aromatic ring is 1. The van der Waals surface area contributed by atoms with Crippen molar-refractivity contribution in [3.63, 3.8) is 0 Å². The van der Waals surface area contributed by atoms with Gasteiger partial charge in [-0.15, -0.1) is 0 Å². The number of nitrogens with zero attached hydrogens (tertiary/aromatic N) is 4. The Morgan fingerprint density at radius 3 is 2.96 bits per heavy atom. The Morgan fingerprint density at radius 1 is 1.40 bits per heavy atom. The quantitative estimate of drug-likeness (QED) is 0.546. The van der Waals surface area contributed by atoms with Crippen LogP contribution in [0, 0.1) is 11.8 Å². The lowest BCUT2D eigenvalue weighted by Crippen LogP contribution is -2.24. The number of aromatic nitrogens is 4. The summed E-state index contributed by atoms with van der Waals surface area (Å²) in [5, 5.41) is 19.4. The van der Waals surface area contributed by atoms with Crippen molar-refractivity contribution in [1.82, 2.24) is 19.5 Å². The number of rotatable bonds is 5. The Bertz CT molecular complexity index is 795. The Balaban J connectivity index is 1.97. The van der Waals surface area contributed by atoms with Crippen molar-refractivity contribution in [2.24, 2.45) is 0 Å². The molecule has 1 aliphatic heterocycles. The summed E-state index contributed by atoms with van der Waals surface area (Å²) in [6.07, 6.45) is 3.90. The lowest BCUT2D eigenvalue weighted by molar-refractivity contribution is -0.0434. The van der Waals surface area contributed by atoms with Crippen molar-refractivity contribution >= 4 is 17.0 Å². The number of ether oxygens (including phenoxy) is 1. The normalized spacial score (nSPS) is 22.9. The van der Waals surface area contributed by atoms with Gasteiger partial charge in [0, 0.05) is 12.8 Å². The summed E-state index contributed by atoms with van der Waals surface area (Å²) in [4.78, 5) is 12.7. The Labute approximate surface area is 146 Å². The average molecular weight is 345 g/mol. The molecule has 0 spiro atoms. The second-order valence-electron chi connectivity index (χ2n) is 6.11. The summed E-state index contributed by atoms with van der Waals surface area (Å²) in [7, 11) is 0. The summed E-state index contributed by atoms with van der Waals surface area (Å²) in [5.41, 5.74) is 6.89. The van der Waals surface area contributed by atoms with E-state index in [2.05, 4.69) is 33.7 Å². The van der Waals surface area contributed by atoms with E-state index in [1.807, 2.05) is 0 Å². The van der Waals surface area contributed by atoms with Crippen LogP contribution < -0.4 is 5.73 Å². The average Bonchev–Trinajstić information content (AvgIpc) is 3.15. The van der Waals surface area contributed by atoms with Crippen LogP contribution in [0.3, 0.4) is 0 Å². The van der Waals surface area contributed by atoms with E-state index < -0.39 is 18.4 Å². The van der Waals surface area contributed by atoms with Crippen LogP contribution in [-0.4, -0.2) is 48.5 Å². The van der Waals surface area contributed by atoms with Crippen molar-refractivity contribution in [2.75, 3.05) is 12.3 Å². The van der Waals surface area contributed by atoms with Crippen molar-refractivity contribution < 1.29 is 14.9 Å². The van der Waals surface area contributed by atoms with Gasteiger partial charge < -0.3 is 20.7 Å². The molecule has 0 saturated carbocycles. The van der Waals surface area contributed by atoms with E-state index in [1.165, 1.54) is 6.33 Å². The first-order valence-corrected chi connectivity index (χ1v) is 8.57. The molecule has 3 rings (SSSR count). The molecule has 1 fully saturated rings. The van der Waals surface area contributed by atoms with Crippen LogP contribution in [0.5, 0.6) is 0 Å². The fraction of sp³-hybridized carbons (Fsp3) is 0.588. The maximum atomic E-state index is 10.0. The summed E-state index contributed by atoms with van der Waals surface area (Å²) < 4.78 is 7.49. The maximum Gasteiger partial charge on any atom is 0.189 e. The van der Waals surface area contributed by atoms with Crippen LogP contribution in [0.1, 0.15) is 51.1 Å². The molecule has 0 aliphatic carbocycles. The summed E-state index contributed by atoms with van der Waals surface area (Å²) in [6.45, 7) is 1.90. The fourth-order valence-corrected chi connectivity index (χ4v) is 2.93. The third-order valence-electron chi connectivity index (χ3n) is 4.28. The minimum atomic E-state index is -0.753. The smallest absolute Gasteiger partial charge is 0.189 e. The molecule has 8 nitrogen and oxygen atoms in total. The van der Waals surface area contributed by atoms with Crippen LogP contribution in [0.2, 0.25) is 0 Å². The molecular formula is C17H23N5O3. The molecular weight excluding hydrogens is 322 g/mol. The highest BCUT2D eigenvalue weighted by Crippen LogP contribution is 2.32. The zero-order chi connectivity index (χ0) is 17.8. The van der Waals surface area contributed by atoms with Gasteiger partial charge in [0.2, 0.25) is 0 Å². The van der Waals surface area contributed by atoms with Gasteiger partial charge in [0.05, 0.1) is 12.7 Å². The first-order chi connectivity index (χ1) is 12.2. The molecule has 8 heteroatoms. The standard InChI is InChI=1S/C17H23N5O3/c1-2-3-4-5-6-7-13-21-15-16(18)19-10-20-17(15)22(13)14-8-11(24)12(9-23)25-14/h10-12,14,23-24H,2-5,8-9H2,1H3,(H2,18,19,20)/t11?,12-,14-/m1/s1. The number of unbranched alkanes of at least 4 members (excludes halogenated alkanes) is 3. The molecule has 1 saturated heterocycles. The Morgan fingerprint density at radius 2 is 2.24 bits per heavy atom. The largest absolute Gasteiger partial charge is 0.394 e. The lowest BCUT2D eigenvalue weighted by Gasteiger charge is -2.14. The van der Waals surface area contributed by atoms with E-state index >= 15 is 0 Å². The van der Waals surface area contributed by atoms with Crippen molar-refractivity contribution in [3.8, 4) is 11.8 Å². The van der Waals surface area contributed by atoms with Gasteiger partial charge in [0.15, 0.2) is 22.8 Å². The lowest BCUT2D eigenvalue weighted by atomic mass is 10.2. The number of aliphatic hydroxyl groups excluding tert-OH is 2. The molecule has 4 N–H and O–H groups in total. The molecule has 134 valence electrons. The van der Waals surface area contributed by atoms with E-state index in [0.29, 0.717) is 23.4 Å². The minimum absolute atomic E-state index is 0.251. The second kappa shape index (κ2) is 7.78. The second-order valence-corrected chi connectivity index (χ2v) is 6.11. The molecule has 2 aromatic rings. The molecule has 1 unspecified atom stereocenters. The molecule has 0 radical (unpaired) electrons. The number of anilines is 1. The maximum absolute atomic E-state index is 10.0. The zero-order valence-corrected chi connectivity index (χ0v) is 14.2. The topological polar surface area (TPSA) is 119 Å². The fourth-order valence-electron chi connectivity index (χ4n) is 2.93. The van der Waals surface area contributed by atoms with Gasteiger partial charge in [0.1, 0.15) is 18.7 Å².